The molecule has 5 rings (SSSR count). The van der Waals surface area contributed by atoms with Crippen LogP contribution in [0.5, 0.6) is 0 Å². The molecule has 1 amide bonds. The van der Waals surface area contributed by atoms with Gasteiger partial charge in [-0.3, -0.25) is 9.59 Å². The molecule has 4 heteroatoms. The van der Waals surface area contributed by atoms with Crippen molar-refractivity contribution in [2.24, 2.45) is 35.5 Å². The number of aliphatic carboxylic acids is 1. The van der Waals surface area contributed by atoms with Crippen LogP contribution >= 0.6 is 0 Å². The third kappa shape index (κ3) is 2.19. The quantitative estimate of drug-likeness (QED) is 0.843. The molecule has 4 nitrogen and oxygen atoms in total. The second kappa shape index (κ2) is 4.95. The van der Waals surface area contributed by atoms with Crippen molar-refractivity contribution in [1.29, 1.82) is 0 Å². The van der Waals surface area contributed by atoms with Crippen molar-refractivity contribution < 1.29 is 14.7 Å². The third-order valence-electron chi connectivity index (χ3n) is 5.89. The fraction of sp³-hybridized carbons (Fsp3) is 0.474. The highest BCUT2D eigenvalue weighted by Gasteiger charge is 2.62. The Balaban J connectivity index is 1.63. The number of carbonyl (C=O) groups excluding carboxylic acids is 1. The molecule has 0 radical (unpaired) electrons. The molecule has 1 aromatic rings. The van der Waals surface area contributed by atoms with Crippen LogP contribution in [0, 0.1) is 49.4 Å². The number of hydrogen-bond acceptors (Lipinski definition) is 2. The minimum absolute atomic E-state index is 0.0249. The molecule has 0 heterocycles. The van der Waals surface area contributed by atoms with Crippen LogP contribution in [0.3, 0.4) is 0 Å². The van der Waals surface area contributed by atoms with Gasteiger partial charge >= 0.3 is 5.97 Å². The molecule has 6 atom stereocenters. The summed E-state index contributed by atoms with van der Waals surface area (Å²) in [5, 5.41) is 12.7. The summed E-state index contributed by atoms with van der Waals surface area (Å²) in [6.07, 6.45) is 5.20. The van der Waals surface area contributed by atoms with Gasteiger partial charge in [0.2, 0.25) is 5.91 Å². The number of anilines is 1. The van der Waals surface area contributed by atoms with Gasteiger partial charge in [-0.1, -0.05) is 24.3 Å². The summed E-state index contributed by atoms with van der Waals surface area (Å²) in [6.45, 7) is 3.93. The lowest BCUT2D eigenvalue weighted by molar-refractivity contribution is -0.152. The largest absolute Gasteiger partial charge is 0.481 e. The summed E-state index contributed by atoms with van der Waals surface area (Å²) in [5.74, 6) is -0.921. The fourth-order valence-corrected chi connectivity index (χ4v) is 4.66. The van der Waals surface area contributed by atoms with E-state index in [4.69, 9.17) is 0 Å². The SMILES string of the molecule is Cc1ccc(C)c(NC(=O)[C@@H]2[C@H]3C=C[C@H]([C@H]4C[C@H]34)[C@@H]2C(=O)O)c1. The Morgan fingerprint density at radius 2 is 1.74 bits per heavy atom. The normalized spacial score (nSPS) is 36.4. The van der Waals surface area contributed by atoms with Crippen LogP contribution in [0.15, 0.2) is 30.4 Å². The van der Waals surface area contributed by atoms with Crippen molar-refractivity contribution in [1.82, 2.24) is 0 Å². The van der Waals surface area contributed by atoms with Crippen LogP contribution in [-0.4, -0.2) is 17.0 Å². The molecular weight excluding hydrogens is 290 g/mol. The van der Waals surface area contributed by atoms with Crippen molar-refractivity contribution in [3.63, 3.8) is 0 Å². The molecule has 2 fully saturated rings. The number of aryl methyl sites for hydroxylation is 2. The van der Waals surface area contributed by atoms with Crippen LogP contribution in [0.25, 0.3) is 0 Å². The standard InChI is InChI=1S/C19H21NO3/c1-9-3-4-10(2)15(7-9)20-18(21)16-11-5-6-12(14-8-13(11)14)17(16)19(22)23/h3-7,11-14,16-17H,8H2,1-2H3,(H,20,21)(H,22,23)/t11-,12+,13+,14+,16+,17-/m0/s1. The van der Waals surface area contributed by atoms with Crippen LogP contribution in [0.2, 0.25) is 0 Å². The first kappa shape index (κ1) is 14.5. The molecule has 0 unspecified atom stereocenters. The van der Waals surface area contributed by atoms with Gasteiger partial charge in [-0.25, -0.2) is 0 Å². The first-order chi connectivity index (χ1) is 11.0. The number of benzene rings is 1. The van der Waals surface area contributed by atoms with E-state index in [-0.39, 0.29) is 17.7 Å². The van der Waals surface area contributed by atoms with Crippen LogP contribution in [0.4, 0.5) is 5.69 Å². The molecule has 4 aliphatic carbocycles. The van der Waals surface area contributed by atoms with E-state index < -0.39 is 17.8 Å². The van der Waals surface area contributed by atoms with Crippen molar-refractivity contribution in [2.45, 2.75) is 20.3 Å². The van der Waals surface area contributed by atoms with Crippen molar-refractivity contribution in [3.8, 4) is 0 Å². The number of hydrogen-bond donors (Lipinski definition) is 2. The number of carboxylic acid groups (broad SMARTS) is 1. The zero-order chi connectivity index (χ0) is 16.3. The highest BCUT2D eigenvalue weighted by atomic mass is 16.4. The number of carboxylic acids is 1. The van der Waals surface area contributed by atoms with Crippen molar-refractivity contribution >= 4 is 17.6 Å². The van der Waals surface area contributed by atoms with E-state index in [1.807, 2.05) is 38.1 Å². The maximum Gasteiger partial charge on any atom is 0.307 e. The highest BCUT2D eigenvalue weighted by molar-refractivity contribution is 5.96. The van der Waals surface area contributed by atoms with E-state index in [2.05, 4.69) is 11.4 Å². The van der Waals surface area contributed by atoms with Crippen LogP contribution < -0.4 is 5.32 Å². The molecule has 0 saturated heterocycles. The average molecular weight is 311 g/mol. The third-order valence-corrected chi connectivity index (χ3v) is 5.89. The Labute approximate surface area is 135 Å². The first-order valence-electron chi connectivity index (χ1n) is 8.26. The predicted molar refractivity (Wildman–Crippen MR) is 86.9 cm³/mol. The lowest BCUT2D eigenvalue weighted by atomic mass is 9.62. The maximum absolute atomic E-state index is 12.9. The zero-order valence-electron chi connectivity index (χ0n) is 13.3. The molecule has 120 valence electrons. The zero-order valence-corrected chi connectivity index (χ0v) is 13.3. The number of fused-ring (bicyclic) bond motifs is 1. The minimum Gasteiger partial charge on any atom is -0.481 e. The summed E-state index contributed by atoms with van der Waals surface area (Å²) in [7, 11) is 0. The topological polar surface area (TPSA) is 66.4 Å². The second-order valence-corrected chi connectivity index (χ2v) is 7.30. The van der Waals surface area contributed by atoms with Gasteiger partial charge < -0.3 is 10.4 Å². The van der Waals surface area contributed by atoms with E-state index >= 15 is 0 Å². The van der Waals surface area contributed by atoms with Crippen molar-refractivity contribution in [3.05, 3.63) is 41.5 Å². The van der Waals surface area contributed by atoms with Gasteiger partial charge in [0.15, 0.2) is 0 Å². The summed E-state index contributed by atoms with van der Waals surface area (Å²) in [5.41, 5.74) is 2.86. The Kier molecular flexibility index (Phi) is 3.12. The van der Waals surface area contributed by atoms with Gasteiger partial charge in [0, 0.05) is 5.69 Å². The van der Waals surface area contributed by atoms with E-state index in [1.54, 1.807) is 0 Å². The Hall–Kier alpha value is -2.10. The Morgan fingerprint density at radius 1 is 1.09 bits per heavy atom. The summed E-state index contributed by atoms with van der Waals surface area (Å²) < 4.78 is 0. The van der Waals surface area contributed by atoms with Gasteiger partial charge in [0.1, 0.15) is 0 Å². The molecular formula is C19H21NO3. The number of nitrogens with one attached hydrogen (secondary N) is 1. The number of rotatable bonds is 3. The van der Waals surface area contributed by atoms with Crippen LogP contribution in [0.1, 0.15) is 17.5 Å². The second-order valence-electron chi connectivity index (χ2n) is 7.30. The Bertz CT molecular complexity index is 723. The fourth-order valence-electron chi connectivity index (χ4n) is 4.66. The first-order valence-corrected chi connectivity index (χ1v) is 8.26. The minimum atomic E-state index is -0.837. The van der Waals surface area contributed by atoms with Gasteiger partial charge in [0.05, 0.1) is 11.8 Å². The molecule has 0 aromatic heterocycles. The van der Waals surface area contributed by atoms with E-state index in [9.17, 15) is 14.7 Å². The smallest absolute Gasteiger partial charge is 0.307 e. The van der Waals surface area contributed by atoms with Gasteiger partial charge in [-0.05, 0) is 61.1 Å². The summed E-state index contributed by atoms with van der Waals surface area (Å²) in [6, 6.07) is 5.93. The van der Waals surface area contributed by atoms with Gasteiger partial charge in [-0.2, -0.15) is 0 Å². The molecule has 2 N–H and O–H groups in total. The summed E-state index contributed by atoms with van der Waals surface area (Å²) >= 11 is 0. The molecule has 1 aromatic carbocycles. The van der Waals surface area contributed by atoms with Gasteiger partial charge in [0.25, 0.3) is 0 Å². The molecule has 23 heavy (non-hydrogen) atoms. The number of carbonyl (C=O) groups is 2. The number of amides is 1. The van der Waals surface area contributed by atoms with E-state index in [1.165, 1.54) is 0 Å². The summed E-state index contributed by atoms with van der Waals surface area (Å²) in [4.78, 5) is 24.7. The molecule has 2 bridgehead atoms. The van der Waals surface area contributed by atoms with E-state index in [0.29, 0.717) is 11.8 Å². The highest BCUT2D eigenvalue weighted by Crippen LogP contribution is 2.63. The molecule has 0 aliphatic heterocycles. The maximum atomic E-state index is 12.9. The monoisotopic (exact) mass is 311 g/mol. The number of allylic oxidation sites excluding steroid dienone is 2. The molecule has 4 aliphatic rings. The lowest BCUT2D eigenvalue weighted by Gasteiger charge is -2.41. The average Bonchev–Trinajstić information content (AvgIpc) is 3.32. The Morgan fingerprint density at radius 3 is 2.39 bits per heavy atom. The van der Waals surface area contributed by atoms with Crippen LogP contribution in [-0.2, 0) is 9.59 Å². The lowest BCUT2D eigenvalue weighted by Crippen LogP contribution is -2.48. The van der Waals surface area contributed by atoms with E-state index in [0.717, 1.165) is 23.2 Å². The predicted octanol–water partition coefficient (Wildman–Crippen LogP) is 3.01. The van der Waals surface area contributed by atoms with Crippen molar-refractivity contribution in [2.75, 3.05) is 5.32 Å². The molecule has 0 spiro atoms. The molecule has 2 saturated carbocycles. The van der Waals surface area contributed by atoms with Gasteiger partial charge in [-0.15, -0.1) is 0 Å².